The topological polar surface area (TPSA) is 61.8 Å². The number of hydrogen-bond donors (Lipinski definition) is 0. The molecule has 27 heavy (non-hydrogen) atoms. The second-order valence-corrected chi connectivity index (χ2v) is 10.6. The third-order valence-electron chi connectivity index (χ3n) is 9.67. The summed E-state index contributed by atoms with van der Waals surface area (Å²) in [6.45, 7) is 5.03. The molecule has 0 aromatic rings. The van der Waals surface area contributed by atoms with Crippen LogP contribution in [0.25, 0.3) is 0 Å². The Morgan fingerprint density at radius 2 is 1.93 bits per heavy atom. The zero-order valence-corrected chi connectivity index (χ0v) is 16.8. The molecule has 1 heterocycles. The van der Waals surface area contributed by atoms with Gasteiger partial charge in [-0.25, -0.2) is 4.79 Å². The van der Waals surface area contributed by atoms with Crippen molar-refractivity contribution in [2.75, 3.05) is 13.7 Å². The van der Waals surface area contributed by atoms with Crippen molar-refractivity contribution >= 4 is 12.1 Å². The van der Waals surface area contributed by atoms with Crippen molar-refractivity contribution in [3.05, 3.63) is 0 Å². The van der Waals surface area contributed by atoms with E-state index in [0.717, 1.165) is 44.9 Å². The number of esters is 1. The highest BCUT2D eigenvalue weighted by Gasteiger charge is 2.70. The molecule has 0 radical (unpaired) electrons. The summed E-state index contributed by atoms with van der Waals surface area (Å²) >= 11 is 0. The van der Waals surface area contributed by atoms with E-state index in [1.165, 1.54) is 20.0 Å². The van der Waals surface area contributed by atoms with Crippen LogP contribution in [0.3, 0.4) is 0 Å². The first kappa shape index (κ1) is 17.8. The van der Waals surface area contributed by atoms with Crippen LogP contribution >= 0.6 is 0 Å². The molecule has 0 N–H and O–H groups in total. The van der Waals surface area contributed by atoms with Crippen LogP contribution in [0.5, 0.6) is 0 Å². The molecular weight excluding hydrogens is 344 g/mol. The maximum atomic E-state index is 12.7. The van der Waals surface area contributed by atoms with E-state index < -0.39 is 6.16 Å². The van der Waals surface area contributed by atoms with Gasteiger partial charge >= 0.3 is 12.1 Å². The van der Waals surface area contributed by atoms with Gasteiger partial charge in [0, 0.05) is 5.92 Å². The number of methoxy groups -OCH3 is 1. The molecule has 5 aliphatic rings. The normalized spacial score (nSPS) is 53.3. The molecule has 2 spiro atoms. The molecule has 0 aromatic carbocycles. The SMILES string of the molecule is COC(=O)C1(C)CCCC2(C)C3CCC4CC3(CCC12)CC41COC(=O)O1. The molecule has 4 aliphatic carbocycles. The maximum Gasteiger partial charge on any atom is 0.509 e. The van der Waals surface area contributed by atoms with Crippen LogP contribution in [-0.4, -0.2) is 31.4 Å². The van der Waals surface area contributed by atoms with Crippen molar-refractivity contribution in [1.82, 2.24) is 0 Å². The lowest BCUT2D eigenvalue weighted by Crippen LogP contribution is -2.58. The summed E-state index contributed by atoms with van der Waals surface area (Å²) in [7, 11) is 1.53. The zero-order chi connectivity index (χ0) is 19.1. The summed E-state index contributed by atoms with van der Waals surface area (Å²) < 4.78 is 16.3. The van der Waals surface area contributed by atoms with Crippen molar-refractivity contribution in [3.8, 4) is 0 Å². The first-order chi connectivity index (χ1) is 12.8. The quantitative estimate of drug-likeness (QED) is 0.632. The van der Waals surface area contributed by atoms with Gasteiger partial charge in [0.1, 0.15) is 6.61 Å². The Labute approximate surface area is 161 Å². The third kappa shape index (κ3) is 2.12. The molecule has 7 unspecified atom stereocenters. The van der Waals surface area contributed by atoms with Crippen LogP contribution in [0.15, 0.2) is 0 Å². The van der Waals surface area contributed by atoms with Crippen LogP contribution in [0, 0.1) is 34.0 Å². The van der Waals surface area contributed by atoms with Gasteiger partial charge in [0.05, 0.1) is 12.5 Å². The van der Waals surface area contributed by atoms with Crippen LogP contribution in [0.2, 0.25) is 0 Å². The van der Waals surface area contributed by atoms with E-state index in [9.17, 15) is 9.59 Å². The molecule has 0 aromatic heterocycles. The van der Waals surface area contributed by atoms with Crippen molar-refractivity contribution in [1.29, 1.82) is 0 Å². The summed E-state index contributed by atoms with van der Waals surface area (Å²) in [5, 5.41) is 0. The van der Waals surface area contributed by atoms with E-state index in [1.54, 1.807) is 0 Å². The molecule has 2 bridgehead atoms. The van der Waals surface area contributed by atoms with Crippen LogP contribution < -0.4 is 0 Å². The number of ether oxygens (including phenoxy) is 3. The number of cyclic esters (lactones) is 1. The van der Waals surface area contributed by atoms with Gasteiger partial charge in [-0.1, -0.05) is 13.3 Å². The van der Waals surface area contributed by atoms with E-state index in [0.29, 0.717) is 24.4 Å². The Bertz CT molecular complexity index is 690. The minimum Gasteiger partial charge on any atom is -0.469 e. The summed E-state index contributed by atoms with van der Waals surface area (Å²) in [6.07, 6.45) is 9.39. The summed E-state index contributed by atoms with van der Waals surface area (Å²) in [5.74, 6) is 1.40. The van der Waals surface area contributed by atoms with E-state index in [1.807, 2.05) is 0 Å². The maximum absolute atomic E-state index is 12.7. The molecule has 5 fully saturated rings. The first-order valence-corrected chi connectivity index (χ1v) is 10.7. The molecule has 7 atom stereocenters. The Balaban J connectivity index is 1.51. The van der Waals surface area contributed by atoms with Gasteiger partial charge < -0.3 is 14.2 Å². The second-order valence-electron chi connectivity index (χ2n) is 10.6. The van der Waals surface area contributed by atoms with E-state index >= 15 is 0 Å². The molecular formula is C22H32O5. The number of fused-ring (bicyclic) bond motifs is 4. The summed E-state index contributed by atoms with van der Waals surface area (Å²) in [5.41, 5.74) is -0.329. The Morgan fingerprint density at radius 3 is 2.63 bits per heavy atom. The number of hydrogen-bond acceptors (Lipinski definition) is 5. The Hall–Kier alpha value is -1.26. The Morgan fingerprint density at radius 1 is 1.11 bits per heavy atom. The fraction of sp³-hybridized carbons (Fsp3) is 0.909. The minimum absolute atomic E-state index is 0.0240. The van der Waals surface area contributed by atoms with Gasteiger partial charge in [0.25, 0.3) is 0 Å². The lowest BCUT2D eigenvalue weighted by atomic mass is 9.41. The monoisotopic (exact) mass is 376 g/mol. The number of carbonyl (C=O) groups is 2. The summed E-state index contributed by atoms with van der Waals surface area (Å²) in [4.78, 5) is 24.5. The standard InChI is InChI=1S/C22H32O5/c1-19-8-4-9-20(2,17(23)25-3)15(19)7-10-21-11-14(5-6-16(19)21)22(12-21)13-26-18(24)27-22/h14-16H,4-13H2,1-3H3. The van der Waals surface area contributed by atoms with Gasteiger partial charge in [0.2, 0.25) is 0 Å². The van der Waals surface area contributed by atoms with Gasteiger partial charge in [-0.15, -0.1) is 0 Å². The van der Waals surface area contributed by atoms with Crippen LogP contribution in [0.1, 0.15) is 71.6 Å². The highest BCUT2D eigenvalue weighted by Crippen LogP contribution is 2.73. The molecule has 150 valence electrons. The third-order valence-corrected chi connectivity index (χ3v) is 9.67. The molecule has 4 saturated carbocycles. The van der Waals surface area contributed by atoms with Gasteiger partial charge in [-0.05, 0) is 81.0 Å². The molecule has 5 rings (SSSR count). The van der Waals surface area contributed by atoms with E-state index in [2.05, 4.69) is 13.8 Å². The lowest BCUT2D eigenvalue weighted by Gasteiger charge is -2.63. The second kappa shape index (κ2) is 5.42. The zero-order valence-electron chi connectivity index (χ0n) is 16.8. The first-order valence-electron chi connectivity index (χ1n) is 10.7. The van der Waals surface area contributed by atoms with Crippen molar-refractivity contribution < 1.29 is 23.8 Å². The van der Waals surface area contributed by atoms with Crippen molar-refractivity contribution in [2.45, 2.75) is 77.2 Å². The van der Waals surface area contributed by atoms with Crippen LogP contribution in [-0.2, 0) is 19.0 Å². The fourth-order valence-electron chi connectivity index (χ4n) is 8.77. The van der Waals surface area contributed by atoms with Gasteiger partial charge in [-0.3, -0.25) is 4.79 Å². The van der Waals surface area contributed by atoms with Gasteiger partial charge in [0.15, 0.2) is 5.60 Å². The minimum atomic E-state index is -0.480. The van der Waals surface area contributed by atoms with Crippen molar-refractivity contribution in [3.63, 3.8) is 0 Å². The fourth-order valence-corrected chi connectivity index (χ4v) is 8.77. The largest absolute Gasteiger partial charge is 0.509 e. The average Bonchev–Trinajstić information content (AvgIpc) is 3.11. The molecule has 1 saturated heterocycles. The highest BCUT2D eigenvalue weighted by atomic mass is 16.8. The summed E-state index contributed by atoms with van der Waals surface area (Å²) in [6, 6.07) is 0. The predicted octanol–water partition coefficient (Wildman–Crippen LogP) is 4.48. The highest BCUT2D eigenvalue weighted by molar-refractivity contribution is 5.77. The lowest BCUT2D eigenvalue weighted by molar-refractivity contribution is -0.184. The number of carbonyl (C=O) groups excluding carboxylic acids is 2. The molecule has 5 heteroatoms. The van der Waals surface area contributed by atoms with Crippen molar-refractivity contribution in [2.24, 2.45) is 34.0 Å². The predicted molar refractivity (Wildman–Crippen MR) is 97.9 cm³/mol. The smallest absolute Gasteiger partial charge is 0.469 e. The van der Waals surface area contributed by atoms with E-state index in [-0.39, 0.29) is 27.8 Å². The van der Waals surface area contributed by atoms with E-state index in [4.69, 9.17) is 14.2 Å². The average molecular weight is 376 g/mol. The number of rotatable bonds is 1. The molecule has 1 aliphatic heterocycles. The van der Waals surface area contributed by atoms with Crippen LogP contribution in [0.4, 0.5) is 4.79 Å². The molecule has 5 nitrogen and oxygen atoms in total. The molecule has 0 amide bonds. The Kier molecular flexibility index (Phi) is 3.57. The van der Waals surface area contributed by atoms with Gasteiger partial charge in [-0.2, -0.15) is 0 Å².